The average Bonchev–Trinajstić information content (AvgIpc) is 2.40. The van der Waals surface area contributed by atoms with Crippen LogP contribution in [-0.2, 0) is 10.0 Å². The molecule has 0 heterocycles. The molecule has 0 aliphatic heterocycles. The van der Waals surface area contributed by atoms with E-state index in [1.165, 1.54) is 6.07 Å². The molecule has 0 amide bonds. The Kier molecular flexibility index (Phi) is 4.75. The van der Waals surface area contributed by atoms with Crippen LogP contribution in [0.1, 0.15) is 31.2 Å². The van der Waals surface area contributed by atoms with Gasteiger partial charge < -0.3 is 16.2 Å². The Morgan fingerprint density at radius 3 is 2.48 bits per heavy atom. The molecular weight excluding hydrogens is 290 g/mol. The summed E-state index contributed by atoms with van der Waals surface area (Å²) in [4.78, 5) is 0.0593. The summed E-state index contributed by atoms with van der Waals surface area (Å²) in [7, 11) is -3.78. The minimum absolute atomic E-state index is 0.0593. The number of benzene rings is 1. The van der Waals surface area contributed by atoms with Crippen molar-refractivity contribution in [3.63, 3.8) is 0 Å². The van der Waals surface area contributed by atoms with E-state index >= 15 is 0 Å². The Morgan fingerprint density at radius 1 is 1.29 bits per heavy atom. The van der Waals surface area contributed by atoms with E-state index in [0.29, 0.717) is 22.9 Å². The van der Waals surface area contributed by atoms with E-state index in [2.05, 4.69) is 5.32 Å². The summed E-state index contributed by atoms with van der Waals surface area (Å²) >= 11 is 0. The smallest absolute Gasteiger partial charge is 0.238 e. The number of aliphatic hydroxyl groups is 1. The first-order valence-corrected chi connectivity index (χ1v) is 8.67. The number of rotatable bonds is 4. The van der Waals surface area contributed by atoms with Crippen LogP contribution in [-0.4, -0.2) is 26.2 Å². The van der Waals surface area contributed by atoms with Gasteiger partial charge in [0, 0.05) is 17.9 Å². The highest BCUT2D eigenvalue weighted by Gasteiger charge is 2.20. The highest BCUT2D eigenvalue weighted by atomic mass is 32.2. The number of sulfonamides is 1. The molecule has 0 aromatic heterocycles. The van der Waals surface area contributed by atoms with Crippen LogP contribution in [0.25, 0.3) is 0 Å². The lowest BCUT2D eigenvalue weighted by Crippen LogP contribution is -2.24. The molecule has 118 valence electrons. The molecular formula is C14H23N3O3S. The molecule has 1 aromatic carbocycles. The SMILES string of the molecule is Cc1c(NCC2CCC(O)CC2)cc(N)cc1S(N)(=O)=O. The lowest BCUT2D eigenvalue weighted by molar-refractivity contribution is 0.111. The molecule has 0 atom stereocenters. The predicted octanol–water partition coefficient (Wildman–Crippen LogP) is 1.19. The lowest BCUT2D eigenvalue weighted by atomic mass is 9.87. The summed E-state index contributed by atoms with van der Waals surface area (Å²) in [6.45, 7) is 2.45. The average molecular weight is 313 g/mol. The fourth-order valence-corrected chi connectivity index (χ4v) is 3.63. The van der Waals surface area contributed by atoms with E-state index in [0.717, 1.165) is 32.2 Å². The van der Waals surface area contributed by atoms with E-state index in [4.69, 9.17) is 10.9 Å². The maximum Gasteiger partial charge on any atom is 0.238 e. The Morgan fingerprint density at radius 2 is 1.90 bits per heavy atom. The van der Waals surface area contributed by atoms with Crippen molar-refractivity contribution in [3.05, 3.63) is 17.7 Å². The van der Waals surface area contributed by atoms with Crippen LogP contribution < -0.4 is 16.2 Å². The maximum atomic E-state index is 11.6. The second-order valence-electron chi connectivity index (χ2n) is 5.79. The first-order valence-electron chi connectivity index (χ1n) is 7.12. The van der Waals surface area contributed by atoms with E-state index in [1.807, 2.05) is 0 Å². The third-order valence-corrected chi connectivity index (χ3v) is 5.12. The van der Waals surface area contributed by atoms with Crippen LogP contribution in [0.5, 0.6) is 0 Å². The largest absolute Gasteiger partial charge is 0.399 e. The minimum Gasteiger partial charge on any atom is -0.399 e. The number of aliphatic hydroxyl groups excluding tert-OH is 1. The van der Waals surface area contributed by atoms with Gasteiger partial charge in [0.05, 0.1) is 11.0 Å². The molecule has 0 spiro atoms. The van der Waals surface area contributed by atoms with Crippen molar-refractivity contribution in [2.45, 2.75) is 43.6 Å². The van der Waals surface area contributed by atoms with Crippen LogP contribution in [0.15, 0.2) is 17.0 Å². The molecule has 1 aromatic rings. The topological polar surface area (TPSA) is 118 Å². The van der Waals surface area contributed by atoms with Crippen LogP contribution in [0, 0.1) is 12.8 Å². The number of hydrogen-bond acceptors (Lipinski definition) is 5. The fourth-order valence-electron chi connectivity index (χ4n) is 2.79. The molecule has 0 radical (unpaired) electrons. The van der Waals surface area contributed by atoms with E-state index in [9.17, 15) is 13.5 Å². The van der Waals surface area contributed by atoms with Gasteiger partial charge in [0.15, 0.2) is 0 Å². The quantitative estimate of drug-likeness (QED) is 0.623. The van der Waals surface area contributed by atoms with Gasteiger partial charge in [-0.15, -0.1) is 0 Å². The normalized spacial score (nSPS) is 23.0. The number of primary sulfonamides is 1. The molecule has 0 saturated heterocycles. The van der Waals surface area contributed by atoms with Crippen molar-refractivity contribution in [1.29, 1.82) is 0 Å². The van der Waals surface area contributed by atoms with Gasteiger partial charge in [0.25, 0.3) is 0 Å². The van der Waals surface area contributed by atoms with Gasteiger partial charge in [0.1, 0.15) is 0 Å². The minimum atomic E-state index is -3.78. The predicted molar refractivity (Wildman–Crippen MR) is 83.4 cm³/mol. The van der Waals surface area contributed by atoms with Gasteiger partial charge in [-0.25, -0.2) is 13.6 Å². The molecule has 0 bridgehead atoms. The number of nitrogens with two attached hydrogens (primary N) is 2. The lowest BCUT2D eigenvalue weighted by Gasteiger charge is -2.26. The van der Waals surface area contributed by atoms with E-state index in [1.54, 1.807) is 13.0 Å². The summed E-state index contributed by atoms with van der Waals surface area (Å²) in [5.41, 5.74) is 7.41. The second kappa shape index (κ2) is 6.21. The van der Waals surface area contributed by atoms with Crippen molar-refractivity contribution in [2.24, 2.45) is 11.1 Å². The standard InChI is InChI=1S/C14H23N3O3S/c1-9-13(6-11(15)7-14(9)21(16,19)20)17-8-10-2-4-12(18)5-3-10/h6-7,10,12,17-18H,2-5,8,15H2,1H3,(H2,16,19,20). The summed E-state index contributed by atoms with van der Waals surface area (Å²) in [6, 6.07) is 3.11. The molecule has 1 aliphatic rings. The summed E-state index contributed by atoms with van der Waals surface area (Å²) in [5.74, 6) is 0.479. The van der Waals surface area contributed by atoms with Crippen LogP contribution >= 0.6 is 0 Å². The van der Waals surface area contributed by atoms with Gasteiger partial charge in [0.2, 0.25) is 10.0 Å². The van der Waals surface area contributed by atoms with Crippen molar-refractivity contribution in [3.8, 4) is 0 Å². The molecule has 1 fully saturated rings. The Balaban J connectivity index is 2.12. The zero-order valence-electron chi connectivity index (χ0n) is 12.2. The van der Waals surface area contributed by atoms with Crippen molar-refractivity contribution in [1.82, 2.24) is 0 Å². The van der Waals surface area contributed by atoms with Gasteiger partial charge >= 0.3 is 0 Å². The highest BCUT2D eigenvalue weighted by Crippen LogP contribution is 2.28. The van der Waals surface area contributed by atoms with Crippen molar-refractivity contribution >= 4 is 21.4 Å². The third kappa shape index (κ3) is 4.09. The van der Waals surface area contributed by atoms with Crippen LogP contribution in [0.4, 0.5) is 11.4 Å². The first kappa shape index (κ1) is 16.1. The maximum absolute atomic E-state index is 11.6. The Hall–Kier alpha value is -1.31. The molecule has 0 unspecified atom stereocenters. The number of nitrogens with one attached hydrogen (secondary N) is 1. The van der Waals surface area contributed by atoms with E-state index in [-0.39, 0.29) is 11.0 Å². The summed E-state index contributed by atoms with van der Waals surface area (Å²) in [6.07, 6.45) is 3.41. The molecule has 1 aliphatic carbocycles. The zero-order chi connectivity index (χ0) is 15.6. The highest BCUT2D eigenvalue weighted by molar-refractivity contribution is 7.89. The van der Waals surface area contributed by atoms with Crippen LogP contribution in [0.3, 0.4) is 0 Å². The zero-order valence-corrected chi connectivity index (χ0v) is 13.0. The summed E-state index contributed by atoms with van der Waals surface area (Å²) < 4.78 is 23.1. The molecule has 1 saturated carbocycles. The number of nitrogen functional groups attached to an aromatic ring is 1. The molecule has 2 rings (SSSR count). The third-order valence-electron chi connectivity index (χ3n) is 4.09. The van der Waals surface area contributed by atoms with Gasteiger partial charge in [-0.3, -0.25) is 0 Å². The molecule has 6 N–H and O–H groups in total. The monoisotopic (exact) mass is 313 g/mol. The molecule has 21 heavy (non-hydrogen) atoms. The van der Waals surface area contributed by atoms with Crippen molar-refractivity contribution < 1.29 is 13.5 Å². The first-order chi connectivity index (χ1) is 9.77. The fraction of sp³-hybridized carbons (Fsp3) is 0.571. The van der Waals surface area contributed by atoms with Crippen molar-refractivity contribution in [2.75, 3.05) is 17.6 Å². The Bertz CT molecular complexity index is 608. The van der Waals surface area contributed by atoms with Gasteiger partial charge in [-0.2, -0.15) is 0 Å². The summed E-state index contributed by atoms with van der Waals surface area (Å²) in [5, 5.41) is 18.0. The number of anilines is 2. The molecule has 6 nitrogen and oxygen atoms in total. The number of hydrogen-bond donors (Lipinski definition) is 4. The van der Waals surface area contributed by atoms with Gasteiger partial charge in [-0.1, -0.05) is 0 Å². The van der Waals surface area contributed by atoms with E-state index < -0.39 is 10.0 Å². The van der Waals surface area contributed by atoms with Crippen LogP contribution in [0.2, 0.25) is 0 Å². The Labute approximate surface area is 125 Å². The van der Waals surface area contributed by atoms with Gasteiger partial charge in [-0.05, 0) is 56.2 Å². The second-order valence-corrected chi connectivity index (χ2v) is 7.32. The molecule has 7 heteroatoms.